The van der Waals surface area contributed by atoms with Crippen molar-refractivity contribution in [2.75, 3.05) is 19.7 Å². The highest BCUT2D eigenvalue weighted by molar-refractivity contribution is 5.85. The van der Waals surface area contributed by atoms with Crippen molar-refractivity contribution in [2.24, 2.45) is 5.92 Å². The van der Waals surface area contributed by atoms with E-state index in [1.54, 1.807) is 0 Å². The average molecular weight is 283 g/mol. The van der Waals surface area contributed by atoms with Crippen molar-refractivity contribution >= 4 is 16.7 Å². The lowest BCUT2D eigenvalue weighted by Gasteiger charge is -2.31. The Kier molecular flexibility index (Phi) is 4.20. The Hall–Kier alpha value is -1.87. The van der Waals surface area contributed by atoms with Crippen LogP contribution in [0.3, 0.4) is 0 Å². The van der Waals surface area contributed by atoms with Crippen LogP contribution in [0.4, 0.5) is 0 Å². The van der Waals surface area contributed by atoms with Crippen LogP contribution < -0.4 is 0 Å². The first kappa shape index (κ1) is 14.1. The number of piperidine rings is 1. The molecule has 2 aromatic carbocycles. The first-order valence-corrected chi connectivity index (χ1v) is 7.62. The first-order valence-electron chi connectivity index (χ1n) is 7.62. The van der Waals surface area contributed by atoms with Crippen LogP contribution in [0.1, 0.15) is 18.4 Å². The van der Waals surface area contributed by atoms with Gasteiger partial charge in [0.2, 0.25) is 5.91 Å². The molecule has 0 unspecified atom stereocenters. The minimum absolute atomic E-state index is 0.196. The van der Waals surface area contributed by atoms with Gasteiger partial charge in [-0.05, 0) is 35.1 Å². The predicted molar refractivity (Wildman–Crippen MR) is 84.0 cm³/mol. The Morgan fingerprint density at radius 3 is 2.52 bits per heavy atom. The van der Waals surface area contributed by atoms with Crippen LogP contribution in [-0.2, 0) is 11.2 Å². The van der Waals surface area contributed by atoms with Crippen molar-refractivity contribution in [1.82, 2.24) is 4.90 Å². The monoisotopic (exact) mass is 283 g/mol. The van der Waals surface area contributed by atoms with E-state index in [2.05, 4.69) is 24.3 Å². The summed E-state index contributed by atoms with van der Waals surface area (Å²) in [6.07, 6.45) is 2.30. The summed E-state index contributed by atoms with van der Waals surface area (Å²) in [4.78, 5) is 14.3. The number of benzene rings is 2. The smallest absolute Gasteiger partial charge is 0.226 e. The molecular weight excluding hydrogens is 262 g/mol. The molecule has 21 heavy (non-hydrogen) atoms. The lowest BCUT2D eigenvalue weighted by atomic mass is 9.97. The Balaban J connectivity index is 1.66. The number of hydrogen-bond donors (Lipinski definition) is 1. The second kappa shape index (κ2) is 6.27. The van der Waals surface area contributed by atoms with Gasteiger partial charge in [-0.25, -0.2) is 0 Å². The maximum atomic E-state index is 12.4. The Bertz CT molecular complexity index is 630. The normalized spacial score (nSPS) is 16.3. The molecule has 0 atom stereocenters. The molecule has 3 nitrogen and oxygen atoms in total. The Labute approximate surface area is 125 Å². The number of nitrogens with zero attached hydrogens (tertiary/aromatic N) is 1. The van der Waals surface area contributed by atoms with Gasteiger partial charge in [0.15, 0.2) is 0 Å². The van der Waals surface area contributed by atoms with Gasteiger partial charge >= 0.3 is 0 Å². The zero-order chi connectivity index (χ0) is 14.7. The summed E-state index contributed by atoms with van der Waals surface area (Å²) in [5.41, 5.74) is 1.07. The Morgan fingerprint density at radius 1 is 1.10 bits per heavy atom. The van der Waals surface area contributed by atoms with E-state index in [1.165, 1.54) is 10.8 Å². The van der Waals surface area contributed by atoms with E-state index in [-0.39, 0.29) is 12.5 Å². The molecule has 0 spiro atoms. The Morgan fingerprint density at radius 2 is 1.81 bits per heavy atom. The topological polar surface area (TPSA) is 40.5 Å². The fourth-order valence-corrected chi connectivity index (χ4v) is 3.00. The highest BCUT2D eigenvalue weighted by Crippen LogP contribution is 2.19. The van der Waals surface area contributed by atoms with Gasteiger partial charge in [-0.3, -0.25) is 4.79 Å². The zero-order valence-corrected chi connectivity index (χ0v) is 12.2. The number of amides is 1. The maximum absolute atomic E-state index is 12.4. The van der Waals surface area contributed by atoms with E-state index < -0.39 is 0 Å². The molecule has 0 bridgehead atoms. The van der Waals surface area contributed by atoms with Crippen LogP contribution in [-0.4, -0.2) is 35.6 Å². The number of aliphatic hydroxyl groups is 1. The lowest BCUT2D eigenvalue weighted by molar-refractivity contribution is -0.132. The fourth-order valence-electron chi connectivity index (χ4n) is 3.00. The van der Waals surface area contributed by atoms with Crippen LogP contribution in [0.15, 0.2) is 42.5 Å². The van der Waals surface area contributed by atoms with Crippen molar-refractivity contribution in [1.29, 1.82) is 0 Å². The van der Waals surface area contributed by atoms with E-state index in [0.29, 0.717) is 12.3 Å². The number of carbonyl (C=O) groups excluding carboxylic acids is 1. The molecule has 0 saturated carbocycles. The number of likely N-dealkylation sites (tertiary alicyclic amines) is 1. The molecule has 1 aliphatic heterocycles. The van der Waals surface area contributed by atoms with Crippen molar-refractivity contribution < 1.29 is 9.90 Å². The first-order chi connectivity index (χ1) is 10.3. The van der Waals surface area contributed by atoms with Crippen LogP contribution in [0, 0.1) is 5.92 Å². The minimum atomic E-state index is 0.196. The molecule has 3 rings (SSSR count). The molecule has 1 heterocycles. The molecule has 1 amide bonds. The van der Waals surface area contributed by atoms with Gasteiger partial charge in [0.05, 0.1) is 6.42 Å². The second-order valence-electron chi connectivity index (χ2n) is 5.87. The van der Waals surface area contributed by atoms with Crippen LogP contribution in [0.5, 0.6) is 0 Å². The van der Waals surface area contributed by atoms with Crippen molar-refractivity contribution in [2.45, 2.75) is 19.3 Å². The number of carbonyl (C=O) groups is 1. The highest BCUT2D eigenvalue weighted by atomic mass is 16.3. The molecule has 0 aromatic heterocycles. The molecule has 110 valence electrons. The van der Waals surface area contributed by atoms with Crippen LogP contribution in [0.2, 0.25) is 0 Å². The maximum Gasteiger partial charge on any atom is 0.226 e. The summed E-state index contributed by atoms with van der Waals surface area (Å²) in [5, 5.41) is 11.5. The van der Waals surface area contributed by atoms with Gasteiger partial charge in [0, 0.05) is 19.7 Å². The minimum Gasteiger partial charge on any atom is -0.396 e. The van der Waals surface area contributed by atoms with E-state index in [4.69, 9.17) is 5.11 Å². The summed E-state index contributed by atoms with van der Waals surface area (Å²) in [5.74, 6) is 0.566. The second-order valence-corrected chi connectivity index (χ2v) is 5.87. The van der Waals surface area contributed by atoms with Gasteiger partial charge < -0.3 is 10.0 Å². The predicted octanol–water partition coefficient (Wildman–Crippen LogP) is 2.61. The molecule has 1 N–H and O–H groups in total. The molecule has 2 aromatic rings. The van der Waals surface area contributed by atoms with Crippen molar-refractivity contribution in [3.63, 3.8) is 0 Å². The van der Waals surface area contributed by atoms with Gasteiger partial charge in [0.25, 0.3) is 0 Å². The van der Waals surface area contributed by atoms with Crippen molar-refractivity contribution in [3.05, 3.63) is 48.0 Å². The van der Waals surface area contributed by atoms with E-state index >= 15 is 0 Å². The number of hydrogen-bond acceptors (Lipinski definition) is 2. The van der Waals surface area contributed by atoms with Gasteiger partial charge in [-0.2, -0.15) is 0 Å². The summed E-state index contributed by atoms with van der Waals surface area (Å²) >= 11 is 0. The van der Waals surface area contributed by atoms with Crippen LogP contribution in [0.25, 0.3) is 10.8 Å². The van der Waals surface area contributed by atoms with Gasteiger partial charge in [-0.15, -0.1) is 0 Å². The van der Waals surface area contributed by atoms with Gasteiger partial charge in [-0.1, -0.05) is 42.5 Å². The van der Waals surface area contributed by atoms with E-state index in [9.17, 15) is 4.79 Å². The summed E-state index contributed by atoms with van der Waals surface area (Å²) < 4.78 is 0. The number of aliphatic hydroxyl groups excluding tert-OH is 1. The van der Waals surface area contributed by atoms with E-state index in [0.717, 1.165) is 31.5 Å². The molecule has 0 radical (unpaired) electrons. The lowest BCUT2D eigenvalue weighted by Crippen LogP contribution is -2.40. The third-order valence-corrected chi connectivity index (χ3v) is 4.39. The zero-order valence-electron chi connectivity index (χ0n) is 12.2. The molecule has 3 heteroatoms. The summed E-state index contributed by atoms with van der Waals surface area (Å²) in [6, 6.07) is 14.4. The van der Waals surface area contributed by atoms with Crippen LogP contribution >= 0.6 is 0 Å². The van der Waals surface area contributed by atoms with Crippen molar-refractivity contribution in [3.8, 4) is 0 Å². The number of rotatable bonds is 3. The molecule has 0 aliphatic carbocycles. The average Bonchev–Trinajstić information content (AvgIpc) is 2.55. The van der Waals surface area contributed by atoms with E-state index in [1.807, 2.05) is 23.1 Å². The molecular formula is C18H21NO2. The summed E-state index contributed by atoms with van der Waals surface area (Å²) in [6.45, 7) is 1.79. The molecule has 1 saturated heterocycles. The number of fused-ring (bicyclic) bond motifs is 1. The third kappa shape index (κ3) is 3.24. The largest absolute Gasteiger partial charge is 0.396 e. The molecule has 1 aliphatic rings. The third-order valence-electron chi connectivity index (χ3n) is 4.39. The quantitative estimate of drug-likeness (QED) is 0.940. The van der Waals surface area contributed by atoms with Gasteiger partial charge in [0.1, 0.15) is 0 Å². The standard InChI is InChI=1S/C18H21NO2/c20-13-14-7-9-19(10-8-14)18(21)12-15-5-6-16-3-1-2-4-17(16)11-15/h1-6,11,14,20H,7-10,12-13H2. The highest BCUT2D eigenvalue weighted by Gasteiger charge is 2.22. The SMILES string of the molecule is O=C(Cc1ccc2ccccc2c1)N1CCC(CO)CC1. The summed E-state index contributed by atoms with van der Waals surface area (Å²) in [7, 11) is 0. The fraction of sp³-hybridized carbons (Fsp3) is 0.389. The molecule has 1 fully saturated rings.